The second-order valence-corrected chi connectivity index (χ2v) is 4.39. The topological polar surface area (TPSA) is 72.5 Å². The number of carboxylic acids is 1. The van der Waals surface area contributed by atoms with E-state index >= 15 is 0 Å². The molecule has 0 amide bonds. The normalized spacial score (nSPS) is 12.2. The molecule has 0 saturated heterocycles. The molecule has 16 heavy (non-hydrogen) atoms. The lowest BCUT2D eigenvalue weighted by Crippen LogP contribution is -2.26. The zero-order chi connectivity index (χ0) is 12.1. The van der Waals surface area contributed by atoms with Crippen LogP contribution in [0.3, 0.4) is 0 Å². The van der Waals surface area contributed by atoms with E-state index in [2.05, 4.69) is 15.9 Å². The van der Waals surface area contributed by atoms with Crippen molar-refractivity contribution < 1.29 is 14.6 Å². The highest BCUT2D eigenvalue weighted by molar-refractivity contribution is 9.10. The summed E-state index contributed by atoms with van der Waals surface area (Å²) < 4.78 is 5.94. The Kier molecular flexibility index (Phi) is 4.76. The molecular formula is C11H14BrNO3. The summed E-state index contributed by atoms with van der Waals surface area (Å²) in [5, 5.41) is 8.59. The summed E-state index contributed by atoms with van der Waals surface area (Å²) >= 11 is 3.37. The van der Waals surface area contributed by atoms with E-state index in [1.54, 1.807) is 7.11 Å². The zero-order valence-corrected chi connectivity index (χ0v) is 10.5. The van der Waals surface area contributed by atoms with Crippen molar-refractivity contribution in [1.29, 1.82) is 0 Å². The first-order valence-electron chi connectivity index (χ1n) is 4.82. The molecule has 0 radical (unpaired) electrons. The van der Waals surface area contributed by atoms with Gasteiger partial charge in [0, 0.05) is 6.04 Å². The number of rotatable bonds is 5. The van der Waals surface area contributed by atoms with E-state index in [9.17, 15) is 4.79 Å². The van der Waals surface area contributed by atoms with Crippen LogP contribution in [0.25, 0.3) is 0 Å². The van der Waals surface area contributed by atoms with E-state index in [1.165, 1.54) is 0 Å². The van der Waals surface area contributed by atoms with Crippen molar-refractivity contribution in [3.63, 3.8) is 0 Å². The molecule has 0 spiro atoms. The largest absolute Gasteiger partial charge is 0.496 e. The second kappa shape index (κ2) is 5.86. The smallest absolute Gasteiger partial charge is 0.304 e. The quantitative estimate of drug-likeness (QED) is 0.866. The number of benzene rings is 1. The van der Waals surface area contributed by atoms with Gasteiger partial charge in [-0.25, -0.2) is 0 Å². The summed E-state index contributed by atoms with van der Waals surface area (Å²) in [6.45, 7) is 0. The minimum atomic E-state index is -0.875. The molecule has 1 atom stereocenters. The Morgan fingerprint density at radius 2 is 2.31 bits per heavy atom. The molecule has 5 heteroatoms. The minimum Gasteiger partial charge on any atom is -0.496 e. The van der Waals surface area contributed by atoms with Crippen LogP contribution in [0, 0.1) is 0 Å². The first kappa shape index (κ1) is 13.0. The molecule has 1 aromatic carbocycles. The predicted octanol–water partition coefficient (Wildman–Crippen LogP) is 1.80. The maximum absolute atomic E-state index is 10.5. The number of hydrogen-bond acceptors (Lipinski definition) is 3. The number of ether oxygens (including phenoxy) is 1. The van der Waals surface area contributed by atoms with Gasteiger partial charge in [-0.1, -0.05) is 6.07 Å². The van der Waals surface area contributed by atoms with Crippen molar-refractivity contribution >= 4 is 21.9 Å². The first-order chi connectivity index (χ1) is 7.52. The number of methoxy groups -OCH3 is 1. The average molecular weight is 288 g/mol. The Morgan fingerprint density at radius 3 is 2.81 bits per heavy atom. The van der Waals surface area contributed by atoms with Crippen molar-refractivity contribution in [3.8, 4) is 5.75 Å². The molecule has 0 aliphatic rings. The molecule has 1 aromatic rings. The number of carboxylic acid groups (broad SMARTS) is 1. The first-order valence-corrected chi connectivity index (χ1v) is 5.62. The molecule has 3 N–H and O–H groups in total. The Morgan fingerprint density at radius 1 is 1.62 bits per heavy atom. The van der Waals surface area contributed by atoms with Crippen LogP contribution in [-0.2, 0) is 11.2 Å². The lowest BCUT2D eigenvalue weighted by molar-refractivity contribution is -0.137. The molecule has 0 heterocycles. The third-order valence-corrected chi connectivity index (χ3v) is 2.77. The zero-order valence-electron chi connectivity index (χ0n) is 8.94. The van der Waals surface area contributed by atoms with Gasteiger partial charge in [-0.15, -0.1) is 0 Å². The molecule has 0 saturated carbocycles. The standard InChI is InChI=1S/C11H14BrNO3/c1-16-10-3-2-7(5-9(10)12)4-8(13)6-11(14)15/h2-3,5,8H,4,6,13H2,1H3,(H,14,15). The van der Waals surface area contributed by atoms with Gasteiger partial charge in [0.15, 0.2) is 0 Å². The van der Waals surface area contributed by atoms with Gasteiger partial charge in [-0.3, -0.25) is 4.79 Å². The van der Waals surface area contributed by atoms with Gasteiger partial charge in [-0.05, 0) is 40.0 Å². The minimum absolute atomic E-state index is 0.0242. The molecule has 0 fully saturated rings. The number of carbonyl (C=O) groups is 1. The number of nitrogens with two attached hydrogens (primary N) is 1. The van der Waals surface area contributed by atoms with E-state index in [0.717, 1.165) is 15.8 Å². The molecular weight excluding hydrogens is 274 g/mol. The van der Waals surface area contributed by atoms with Crippen LogP contribution in [0.5, 0.6) is 5.75 Å². The fourth-order valence-electron chi connectivity index (χ4n) is 1.44. The van der Waals surface area contributed by atoms with E-state index in [-0.39, 0.29) is 12.5 Å². The number of aliphatic carboxylic acids is 1. The van der Waals surface area contributed by atoms with Crippen molar-refractivity contribution in [2.75, 3.05) is 7.11 Å². The average Bonchev–Trinajstić information content (AvgIpc) is 2.16. The Hall–Kier alpha value is -1.07. The van der Waals surface area contributed by atoms with Crippen LogP contribution >= 0.6 is 15.9 Å². The molecule has 88 valence electrons. The van der Waals surface area contributed by atoms with Gasteiger partial charge >= 0.3 is 5.97 Å². The maximum atomic E-state index is 10.5. The summed E-state index contributed by atoms with van der Waals surface area (Å²) in [5.41, 5.74) is 6.69. The van der Waals surface area contributed by atoms with Gasteiger partial charge in [0.1, 0.15) is 5.75 Å². The van der Waals surface area contributed by atoms with Crippen LogP contribution < -0.4 is 10.5 Å². The van der Waals surface area contributed by atoms with E-state index in [1.807, 2.05) is 18.2 Å². The molecule has 0 aromatic heterocycles. The van der Waals surface area contributed by atoms with Crippen LogP contribution in [0.15, 0.2) is 22.7 Å². The highest BCUT2D eigenvalue weighted by Crippen LogP contribution is 2.25. The lowest BCUT2D eigenvalue weighted by Gasteiger charge is -2.10. The second-order valence-electron chi connectivity index (χ2n) is 3.53. The molecule has 0 bridgehead atoms. The molecule has 1 unspecified atom stereocenters. The van der Waals surface area contributed by atoms with Crippen molar-refractivity contribution in [1.82, 2.24) is 0 Å². The summed E-state index contributed by atoms with van der Waals surface area (Å²) in [6, 6.07) is 5.23. The highest BCUT2D eigenvalue weighted by atomic mass is 79.9. The van der Waals surface area contributed by atoms with Crippen LogP contribution in [0.4, 0.5) is 0 Å². The Bertz CT molecular complexity index is 381. The van der Waals surface area contributed by atoms with E-state index in [4.69, 9.17) is 15.6 Å². The maximum Gasteiger partial charge on any atom is 0.304 e. The van der Waals surface area contributed by atoms with Crippen LogP contribution in [0.1, 0.15) is 12.0 Å². The fourth-order valence-corrected chi connectivity index (χ4v) is 2.02. The third kappa shape index (κ3) is 3.83. The van der Waals surface area contributed by atoms with Crippen molar-refractivity contribution in [2.24, 2.45) is 5.73 Å². The van der Waals surface area contributed by atoms with Crippen molar-refractivity contribution in [3.05, 3.63) is 28.2 Å². The monoisotopic (exact) mass is 287 g/mol. The number of hydrogen-bond donors (Lipinski definition) is 2. The summed E-state index contributed by atoms with van der Waals surface area (Å²) in [7, 11) is 1.59. The van der Waals surface area contributed by atoms with Crippen LogP contribution in [0.2, 0.25) is 0 Å². The molecule has 0 aliphatic carbocycles. The lowest BCUT2D eigenvalue weighted by atomic mass is 10.0. The highest BCUT2D eigenvalue weighted by Gasteiger charge is 2.10. The summed E-state index contributed by atoms with van der Waals surface area (Å²) in [4.78, 5) is 10.5. The predicted molar refractivity (Wildman–Crippen MR) is 64.6 cm³/mol. The fraction of sp³-hybridized carbons (Fsp3) is 0.364. The van der Waals surface area contributed by atoms with E-state index < -0.39 is 5.97 Å². The van der Waals surface area contributed by atoms with Gasteiger partial charge < -0.3 is 15.6 Å². The van der Waals surface area contributed by atoms with E-state index in [0.29, 0.717) is 6.42 Å². The summed E-state index contributed by atoms with van der Waals surface area (Å²) in [6.07, 6.45) is 0.512. The Labute approximate surface area is 103 Å². The van der Waals surface area contributed by atoms with Gasteiger partial charge in [-0.2, -0.15) is 0 Å². The summed E-state index contributed by atoms with van der Waals surface area (Å²) in [5.74, 6) is -0.129. The van der Waals surface area contributed by atoms with Crippen LogP contribution in [-0.4, -0.2) is 24.2 Å². The molecule has 4 nitrogen and oxygen atoms in total. The molecule has 0 aliphatic heterocycles. The number of halogens is 1. The van der Waals surface area contributed by atoms with Gasteiger partial charge in [0.05, 0.1) is 18.0 Å². The third-order valence-electron chi connectivity index (χ3n) is 2.15. The molecule has 1 rings (SSSR count). The van der Waals surface area contributed by atoms with Crippen molar-refractivity contribution in [2.45, 2.75) is 18.9 Å². The van der Waals surface area contributed by atoms with Gasteiger partial charge in [0.25, 0.3) is 0 Å². The van der Waals surface area contributed by atoms with Gasteiger partial charge in [0.2, 0.25) is 0 Å². The SMILES string of the molecule is COc1ccc(CC(N)CC(=O)O)cc1Br. The Balaban J connectivity index is 2.67.